The number of hydrogen-bond donors (Lipinski definition) is 2. The van der Waals surface area contributed by atoms with E-state index in [2.05, 4.69) is 10.3 Å². The number of nitrogens with one attached hydrogen (secondary N) is 2. The minimum atomic E-state index is -4.71. The lowest BCUT2D eigenvalue weighted by molar-refractivity contribution is -0.156. The maximum absolute atomic E-state index is 13.2. The Morgan fingerprint density at radius 2 is 1.83 bits per heavy atom. The topological polar surface area (TPSA) is 93.1 Å². The van der Waals surface area contributed by atoms with Crippen LogP contribution in [0.4, 0.5) is 23.2 Å². The van der Waals surface area contributed by atoms with E-state index >= 15 is 0 Å². The first kappa shape index (κ1) is 22.1. The molecule has 0 saturated heterocycles. The van der Waals surface area contributed by atoms with E-state index in [-0.39, 0.29) is 22.5 Å². The number of Topliss-reactive ketones (excluding diaryl/α,β-unsaturated/α-hetero) is 1. The molecule has 0 aliphatic carbocycles. The molecule has 2 amide bonds. The molecule has 2 aromatic heterocycles. The number of hydrogen-bond acceptors (Lipinski definition) is 4. The molecule has 2 aromatic rings. The van der Waals surface area contributed by atoms with Crippen molar-refractivity contribution in [3.63, 3.8) is 0 Å². The van der Waals surface area contributed by atoms with Gasteiger partial charge in [-0.25, -0.2) is 4.98 Å². The Morgan fingerprint density at radius 1 is 1.21 bits per heavy atom. The van der Waals surface area contributed by atoms with E-state index in [0.717, 1.165) is 12.3 Å². The normalized spacial score (nSPS) is 12.4. The van der Waals surface area contributed by atoms with Crippen LogP contribution in [0.15, 0.2) is 18.3 Å². The van der Waals surface area contributed by atoms with E-state index in [1.807, 2.05) is 0 Å². The maximum atomic E-state index is 13.2. The van der Waals surface area contributed by atoms with Gasteiger partial charge in [-0.1, -0.05) is 0 Å². The minimum absolute atomic E-state index is 0.0461. The van der Waals surface area contributed by atoms with Crippen molar-refractivity contribution in [1.82, 2.24) is 14.9 Å². The zero-order valence-electron chi connectivity index (χ0n) is 15.9. The molecule has 2 rings (SSSR count). The number of carbonyl (C=O) groups excluding carboxylic acids is 3. The highest BCUT2D eigenvalue weighted by Gasteiger charge is 2.39. The molecule has 2 N–H and O–H groups in total. The second-order valence-corrected chi connectivity index (χ2v) is 6.38. The molecule has 0 aromatic carbocycles. The molecule has 0 fully saturated rings. The number of halogens is 4. The number of amides is 2. The first-order valence-corrected chi connectivity index (χ1v) is 8.35. The van der Waals surface area contributed by atoms with Crippen LogP contribution in [0.2, 0.25) is 0 Å². The first-order chi connectivity index (χ1) is 13.3. The van der Waals surface area contributed by atoms with Crippen molar-refractivity contribution in [2.75, 3.05) is 5.32 Å². The lowest BCUT2D eigenvalue weighted by atomic mass is 10.1. The summed E-state index contributed by atoms with van der Waals surface area (Å²) in [6, 6.07) is 0.126. The summed E-state index contributed by atoms with van der Waals surface area (Å²) >= 11 is 0. The van der Waals surface area contributed by atoms with Gasteiger partial charge in [0.15, 0.2) is 0 Å². The lowest BCUT2D eigenvalue weighted by Gasteiger charge is -2.16. The Hall–Kier alpha value is -3.24. The van der Waals surface area contributed by atoms with E-state index < -0.39 is 35.8 Å². The highest BCUT2D eigenvalue weighted by atomic mass is 19.4. The third kappa shape index (κ3) is 4.61. The van der Waals surface area contributed by atoms with Crippen LogP contribution < -0.4 is 10.6 Å². The Labute approximate surface area is 163 Å². The van der Waals surface area contributed by atoms with Crippen LogP contribution in [-0.4, -0.2) is 39.4 Å². The zero-order chi connectivity index (χ0) is 22.1. The van der Waals surface area contributed by atoms with Crippen molar-refractivity contribution >= 4 is 23.3 Å². The number of rotatable bonds is 5. The van der Waals surface area contributed by atoms with Gasteiger partial charge < -0.3 is 15.2 Å². The summed E-state index contributed by atoms with van der Waals surface area (Å²) in [4.78, 5) is 40.4. The average molecular weight is 414 g/mol. The van der Waals surface area contributed by atoms with Crippen molar-refractivity contribution in [3.8, 4) is 0 Å². The molecule has 0 aliphatic heterocycles. The largest absolute Gasteiger partial charge is 0.408 e. The third-order valence-corrected chi connectivity index (χ3v) is 4.40. The molecule has 0 bridgehead atoms. The van der Waals surface area contributed by atoms with Crippen molar-refractivity contribution in [2.24, 2.45) is 7.05 Å². The van der Waals surface area contributed by atoms with Crippen LogP contribution in [0.3, 0.4) is 0 Å². The number of alkyl halides is 3. The van der Waals surface area contributed by atoms with Crippen LogP contribution >= 0.6 is 0 Å². The van der Waals surface area contributed by atoms with Gasteiger partial charge in [-0.3, -0.25) is 14.4 Å². The smallest absolute Gasteiger partial charge is 0.344 e. The first-order valence-electron chi connectivity index (χ1n) is 8.35. The predicted molar refractivity (Wildman–Crippen MR) is 95.0 cm³/mol. The summed E-state index contributed by atoms with van der Waals surface area (Å²) in [5.41, 5.74) is 0.353. The van der Waals surface area contributed by atoms with Crippen molar-refractivity contribution < 1.29 is 31.9 Å². The number of aromatic nitrogens is 2. The van der Waals surface area contributed by atoms with Gasteiger partial charge in [-0.15, -0.1) is 0 Å². The van der Waals surface area contributed by atoms with Crippen molar-refractivity contribution in [3.05, 3.63) is 46.8 Å². The van der Waals surface area contributed by atoms with Gasteiger partial charge in [-0.2, -0.15) is 17.6 Å². The molecule has 0 saturated carbocycles. The molecular formula is C18H18F4N4O3. The van der Waals surface area contributed by atoms with Crippen LogP contribution in [-0.2, 0) is 11.8 Å². The number of nitrogens with zero attached hydrogens (tertiary/aromatic N) is 2. The van der Waals surface area contributed by atoms with Gasteiger partial charge in [-0.05, 0) is 32.4 Å². The maximum Gasteiger partial charge on any atom is 0.408 e. The molecule has 0 spiro atoms. The van der Waals surface area contributed by atoms with E-state index in [4.69, 9.17) is 0 Å². The monoisotopic (exact) mass is 414 g/mol. The molecule has 11 heteroatoms. The third-order valence-electron chi connectivity index (χ3n) is 4.40. The summed E-state index contributed by atoms with van der Waals surface area (Å²) in [5.74, 6) is -4.14. The van der Waals surface area contributed by atoms with E-state index in [1.165, 1.54) is 31.5 Å². The van der Waals surface area contributed by atoms with Crippen molar-refractivity contribution in [1.29, 1.82) is 0 Å². The molecule has 0 aliphatic rings. The molecule has 0 radical (unpaired) electrons. The van der Waals surface area contributed by atoms with Gasteiger partial charge >= 0.3 is 6.18 Å². The molecule has 156 valence electrons. The van der Waals surface area contributed by atoms with Crippen LogP contribution in [0, 0.1) is 19.8 Å². The van der Waals surface area contributed by atoms with Crippen molar-refractivity contribution in [2.45, 2.75) is 33.0 Å². The summed E-state index contributed by atoms with van der Waals surface area (Å²) in [5, 5.41) is 4.05. The zero-order valence-corrected chi connectivity index (χ0v) is 15.9. The van der Waals surface area contributed by atoms with Gasteiger partial charge in [0.25, 0.3) is 17.6 Å². The predicted octanol–water partition coefficient (Wildman–Crippen LogP) is 2.68. The summed E-state index contributed by atoms with van der Waals surface area (Å²) < 4.78 is 52.3. The van der Waals surface area contributed by atoms with Gasteiger partial charge in [0.05, 0.1) is 11.3 Å². The Morgan fingerprint density at radius 3 is 2.38 bits per heavy atom. The lowest BCUT2D eigenvalue weighted by Crippen LogP contribution is -2.46. The highest BCUT2D eigenvalue weighted by Crippen LogP contribution is 2.24. The minimum Gasteiger partial charge on any atom is -0.344 e. The molecule has 1 atom stereocenters. The second-order valence-electron chi connectivity index (χ2n) is 6.38. The fourth-order valence-electron chi connectivity index (χ4n) is 2.76. The molecule has 2 heterocycles. The molecule has 29 heavy (non-hydrogen) atoms. The van der Waals surface area contributed by atoms with Crippen LogP contribution in [0.1, 0.15) is 39.0 Å². The number of ketones is 1. The number of pyridine rings is 1. The van der Waals surface area contributed by atoms with E-state index in [9.17, 15) is 31.9 Å². The van der Waals surface area contributed by atoms with E-state index in [1.54, 1.807) is 5.32 Å². The molecule has 7 nitrogen and oxygen atoms in total. The van der Waals surface area contributed by atoms with E-state index in [0.29, 0.717) is 12.6 Å². The Balaban J connectivity index is 2.33. The fraction of sp³-hybridized carbons (Fsp3) is 0.333. The Bertz CT molecular complexity index is 982. The Kier molecular flexibility index (Phi) is 6.10. The second kappa shape index (κ2) is 8.02. The number of carbonyl (C=O) groups is 3. The summed E-state index contributed by atoms with van der Waals surface area (Å²) in [6.45, 7) is 3.60. The summed E-state index contributed by atoms with van der Waals surface area (Å²) in [7, 11) is 1.40. The van der Waals surface area contributed by atoms with Gasteiger partial charge in [0.2, 0.25) is 5.95 Å². The molecular weight excluding hydrogens is 396 g/mol. The highest BCUT2D eigenvalue weighted by molar-refractivity contribution is 6.43. The quantitative estimate of drug-likeness (QED) is 0.341. The summed E-state index contributed by atoms with van der Waals surface area (Å²) in [6.07, 6.45) is -3.56. The van der Waals surface area contributed by atoms with Crippen LogP contribution in [0.5, 0.6) is 0 Å². The average Bonchev–Trinajstić information content (AvgIpc) is 2.82. The molecule has 0 unspecified atom stereocenters. The van der Waals surface area contributed by atoms with Crippen LogP contribution in [0.25, 0.3) is 0 Å². The standard InChI is InChI=1S/C18H18F4N4O3/c1-8-13(16(28)25-11-5-6-23-12(19)7-11)9(2)26(4)14(8)15(27)17(29)24-10(3)18(20,21)22/h5-7,10H,1-4H3,(H,24,29)(H,23,25,28)/t10-/m1/s1. The van der Waals surface area contributed by atoms with Gasteiger partial charge in [0.1, 0.15) is 6.04 Å². The number of anilines is 1. The fourth-order valence-corrected chi connectivity index (χ4v) is 2.76. The SMILES string of the molecule is Cc1c(C(=O)Nc2ccnc(F)c2)c(C)n(C)c1C(=O)C(=O)N[C@H](C)C(F)(F)F. The van der Waals surface area contributed by atoms with Gasteiger partial charge in [0, 0.05) is 30.7 Å².